The number of amides is 1. The Labute approximate surface area is 109 Å². The summed E-state index contributed by atoms with van der Waals surface area (Å²) in [6.07, 6.45) is 3.26. The van der Waals surface area contributed by atoms with E-state index in [1.54, 1.807) is 12.1 Å². The van der Waals surface area contributed by atoms with Crippen LogP contribution in [-0.4, -0.2) is 28.7 Å². The highest BCUT2D eigenvalue weighted by atomic mass is 79.9. The second-order valence-corrected chi connectivity index (χ2v) is 4.96. The van der Waals surface area contributed by atoms with Crippen molar-refractivity contribution in [3.63, 3.8) is 0 Å². The summed E-state index contributed by atoms with van der Waals surface area (Å²) in [4.78, 5) is 14.2. The Bertz CT molecular complexity index is 393. The quantitative estimate of drug-likeness (QED) is 0.768. The lowest BCUT2D eigenvalue weighted by Gasteiger charge is -2.34. The molecule has 4 heteroatoms. The molecule has 1 aromatic rings. The molecule has 17 heavy (non-hydrogen) atoms. The first kappa shape index (κ1) is 12.6. The number of hydrogen-bond donors (Lipinski definition) is 0. The van der Waals surface area contributed by atoms with E-state index in [-0.39, 0.29) is 17.8 Å². The van der Waals surface area contributed by atoms with Gasteiger partial charge in [0.2, 0.25) is 0 Å². The van der Waals surface area contributed by atoms with E-state index in [0.29, 0.717) is 5.56 Å². The van der Waals surface area contributed by atoms with E-state index in [1.807, 2.05) is 4.90 Å². The zero-order valence-electron chi connectivity index (χ0n) is 9.53. The van der Waals surface area contributed by atoms with Crippen LogP contribution in [0.1, 0.15) is 29.6 Å². The van der Waals surface area contributed by atoms with Gasteiger partial charge in [0.05, 0.1) is 0 Å². The first-order valence-corrected chi connectivity index (χ1v) is 6.97. The van der Waals surface area contributed by atoms with Crippen molar-refractivity contribution in [2.75, 3.05) is 11.9 Å². The molecule has 1 unspecified atom stereocenters. The lowest BCUT2D eigenvalue weighted by molar-refractivity contribution is 0.0642. The molecule has 1 aliphatic heterocycles. The number of piperidine rings is 1. The molecule has 2 rings (SSSR count). The zero-order valence-corrected chi connectivity index (χ0v) is 11.1. The van der Waals surface area contributed by atoms with Crippen molar-refractivity contribution in [1.29, 1.82) is 0 Å². The van der Waals surface area contributed by atoms with Crippen molar-refractivity contribution in [3.8, 4) is 0 Å². The first-order valence-electron chi connectivity index (χ1n) is 5.85. The second kappa shape index (κ2) is 5.63. The van der Waals surface area contributed by atoms with E-state index >= 15 is 0 Å². The third-order valence-electron chi connectivity index (χ3n) is 3.16. The van der Waals surface area contributed by atoms with Gasteiger partial charge in [-0.2, -0.15) is 0 Å². The van der Waals surface area contributed by atoms with E-state index in [0.717, 1.165) is 24.7 Å². The minimum atomic E-state index is -0.308. The van der Waals surface area contributed by atoms with Crippen LogP contribution in [0.4, 0.5) is 4.39 Å². The minimum absolute atomic E-state index is 0.00847. The highest BCUT2D eigenvalue weighted by Gasteiger charge is 2.26. The summed E-state index contributed by atoms with van der Waals surface area (Å²) in [5.41, 5.74) is 0.569. The summed E-state index contributed by atoms with van der Waals surface area (Å²) < 4.78 is 12.8. The van der Waals surface area contributed by atoms with Crippen molar-refractivity contribution < 1.29 is 9.18 Å². The van der Waals surface area contributed by atoms with E-state index in [4.69, 9.17) is 0 Å². The van der Waals surface area contributed by atoms with E-state index < -0.39 is 0 Å². The Kier molecular flexibility index (Phi) is 4.15. The number of nitrogens with zero attached hydrogens (tertiary/aromatic N) is 1. The van der Waals surface area contributed by atoms with Gasteiger partial charge < -0.3 is 4.90 Å². The predicted molar refractivity (Wildman–Crippen MR) is 68.9 cm³/mol. The van der Waals surface area contributed by atoms with E-state index in [9.17, 15) is 9.18 Å². The van der Waals surface area contributed by atoms with Gasteiger partial charge in [0.25, 0.3) is 5.91 Å². The fourth-order valence-electron chi connectivity index (χ4n) is 2.19. The lowest BCUT2D eigenvalue weighted by Crippen LogP contribution is -2.44. The number of rotatable bonds is 2. The molecule has 1 atom stereocenters. The maximum atomic E-state index is 12.8. The van der Waals surface area contributed by atoms with Crippen LogP contribution in [0.15, 0.2) is 24.3 Å². The molecule has 0 bridgehead atoms. The number of alkyl halides is 1. The third kappa shape index (κ3) is 2.86. The summed E-state index contributed by atoms with van der Waals surface area (Å²) >= 11 is 3.45. The minimum Gasteiger partial charge on any atom is -0.335 e. The van der Waals surface area contributed by atoms with Gasteiger partial charge >= 0.3 is 0 Å². The predicted octanol–water partition coefficient (Wildman–Crippen LogP) is 3.22. The highest BCUT2D eigenvalue weighted by Crippen LogP contribution is 2.21. The van der Waals surface area contributed by atoms with Gasteiger partial charge in [0.1, 0.15) is 5.82 Å². The molecule has 1 amide bonds. The fourth-order valence-corrected chi connectivity index (χ4v) is 2.86. The number of hydrogen-bond acceptors (Lipinski definition) is 1. The maximum Gasteiger partial charge on any atom is 0.254 e. The average Bonchev–Trinajstić information content (AvgIpc) is 2.39. The molecule has 1 aliphatic rings. The topological polar surface area (TPSA) is 20.3 Å². The Morgan fingerprint density at radius 2 is 2.06 bits per heavy atom. The van der Waals surface area contributed by atoms with Gasteiger partial charge in [0, 0.05) is 23.5 Å². The van der Waals surface area contributed by atoms with Crippen molar-refractivity contribution in [1.82, 2.24) is 4.90 Å². The van der Waals surface area contributed by atoms with Crippen LogP contribution in [-0.2, 0) is 0 Å². The number of likely N-dealkylation sites (tertiary alicyclic amines) is 1. The van der Waals surface area contributed by atoms with Crippen LogP contribution in [0.3, 0.4) is 0 Å². The normalized spacial score (nSPS) is 20.4. The van der Waals surface area contributed by atoms with Crippen molar-refractivity contribution >= 4 is 21.8 Å². The molecule has 1 aromatic carbocycles. The molecule has 1 saturated heterocycles. The van der Waals surface area contributed by atoms with Crippen LogP contribution >= 0.6 is 15.9 Å². The number of carbonyl (C=O) groups excluding carboxylic acids is 1. The smallest absolute Gasteiger partial charge is 0.254 e. The molecular weight excluding hydrogens is 285 g/mol. The molecule has 2 nitrogen and oxygen atoms in total. The Morgan fingerprint density at radius 1 is 1.35 bits per heavy atom. The van der Waals surface area contributed by atoms with Crippen LogP contribution < -0.4 is 0 Å². The standard InChI is InChI=1S/C13H15BrFNO/c14-9-12-3-1-2-8-16(12)13(17)10-4-6-11(15)7-5-10/h4-7,12H,1-3,8-9H2. The van der Waals surface area contributed by atoms with Gasteiger partial charge in [-0.3, -0.25) is 4.79 Å². The largest absolute Gasteiger partial charge is 0.335 e. The Hall–Kier alpha value is -0.900. The molecule has 1 heterocycles. The zero-order chi connectivity index (χ0) is 12.3. The maximum absolute atomic E-state index is 12.8. The van der Waals surface area contributed by atoms with Crippen LogP contribution in [0.5, 0.6) is 0 Å². The van der Waals surface area contributed by atoms with Gasteiger partial charge in [-0.25, -0.2) is 4.39 Å². The highest BCUT2D eigenvalue weighted by molar-refractivity contribution is 9.09. The molecule has 0 saturated carbocycles. The van der Waals surface area contributed by atoms with Crippen molar-refractivity contribution in [2.24, 2.45) is 0 Å². The van der Waals surface area contributed by atoms with E-state index in [2.05, 4.69) is 15.9 Å². The number of carbonyl (C=O) groups is 1. The summed E-state index contributed by atoms with van der Waals surface area (Å²) in [6, 6.07) is 6.04. The summed E-state index contributed by atoms with van der Waals surface area (Å²) in [5.74, 6) is -0.300. The van der Waals surface area contributed by atoms with Gasteiger partial charge in [0.15, 0.2) is 0 Å². The van der Waals surface area contributed by atoms with E-state index in [1.165, 1.54) is 18.6 Å². The molecule has 0 aromatic heterocycles. The summed E-state index contributed by atoms with van der Waals surface area (Å²) in [6.45, 7) is 0.798. The number of benzene rings is 1. The second-order valence-electron chi connectivity index (χ2n) is 4.31. The van der Waals surface area contributed by atoms with Gasteiger partial charge in [-0.15, -0.1) is 0 Å². The monoisotopic (exact) mass is 299 g/mol. The molecule has 0 spiro atoms. The number of halogens is 2. The Morgan fingerprint density at radius 3 is 2.71 bits per heavy atom. The third-order valence-corrected chi connectivity index (χ3v) is 3.90. The van der Waals surface area contributed by atoms with Gasteiger partial charge in [-0.05, 0) is 43.5 Å². The summed E-state index contributed by atoms with van der Waals surface area (Å²) in [7, 11) is 0. The van der Waals surface area contributed by atoms with Gasteiger partial charge in [-0.1, -0.05) is 15.9 Å². The van der Waals surface area contributed by atoms with Crippen molar-refractivity contribution in [2.45, 2.75) is 25.3 Å². The lowest BCUT2D eigenvalue weighted by atomic mass is 10.0. The van der Waals surface area contributed by atoms with Crippen LogP contribution in [0.2, 0.25) is 0 Å². The molecule has 92 valence electrons. The summed E-state index contributed by atoms with van der Waals surface area (Å²) in [5, 5.41) is 0.805. The molecule has 0 N–H and O–H groups in total. The molecule has 0 radical (unpaired) electrons. The molecule has 0 aliphatic carbocycles. The Balaban J connectivity index is 2.15. The van der Waals surface area contributed by atoms with Crippen LogP contribution in [0.25, 0.3) is 0 Å². The van der Waals surface area contributed by atoms with Crippen LogP contribution in [0, 0.1) is 5.82 Å². The average molecular weight is 300 g/mol. The molecule has 1 fully saturated rings. The fraction of sp³-hybridized carbons (Fsp3) is 0.462. The first-order chi connectivity index (χ1) is 8.22. The SMILES string of the molecule is O=C(c1ccc(F)cc1)N1CCCCC1CBr. The molecular formula is C13H15BrFNO. The van der Waals surface area contributed by atoms with Crippen molar-refractivity contribution in [3.05, 3.63) is 35.6 Å².